The summed E-state index contributed by atoms with van der Waals surface area (Å²) in [7, 11) is 0. The van der Waals surface area contributed by atoms with Crippen LogP contribution in [0.3, 0.4) is 0 Å². The van der Waals surface area contributed by atoms with Gasteiger partial charge in [-0.1, -0.05) is 42.5 Å². The second-order valence-corrected chi connectivity index (χ2v) is 6.07. The van der Waals surface area contributed by atoms with E-state index < -0.39 is 0 Å². The van der Waals surface area contributed by atoms with Crippen LogP contribution in [-0.2, 0) is 0 Å². The summed E-state index contributed by atoms with van der Waals surface area (Å²) in [6.07, 6.45) is 0. The summed E-state index contributed by atoms with van der Waals surface area (Å²) in [5.74, 6) is 0. The largest absolute Gasteiger partial charge is 0.399 e. The predicted octanol–water partition coefficient (Wildman–Crippen LogP) is 4.68. The molecule has 0 saturated carbocycles. The van der Waals surface area contributed by atoms with Crippen molar-refractivity contribution in [2.75, 3.05) is 18.0 Å². The summed E-state index contributed by atoms with van der Waals surface area (Å²) >= 11 is 0. The average Bonchev–Trinajstić information content (AvgIpc) is 2.61. The topological polar surface area (TPSA) is 64.4 Å². The van der Waals surface area contributed by atoms with Gasteiger partial charge in [0, 0.05) is 29.0 Å². The second kappa shape index (κ2) is 7.22. The molecule has 3 aromatic rings. The highest BCUT2D eigenvalue weighted by Gasteiger charge is 2.15. The van der Waals surface area contributed by atoms with E-state index in [4.69, 9.17) is 16.5 Å². The van der Waals surface area contributed by atoms with Gasteiger partial charge in [0.25, 0.3) is 0 Å². The quantitative estimate of drug-likeness (QED) is 0.539. The van der Waals surface area contributed by atoms with Crippen LogP contribution in [0.5, 0.6) is 0 Å². The molecule has 0 unspecified atom stereocenters. The first-order chi connectivity index (χ1) is 12.1. The van der Waals surface area contributed by atoms with Crippen LogP contribution in [0.4, 0.5) is 11.4 Å². The minimum absolute atomic E-state index is 0.708. The minimum atomic E-state index is 0.708. The third-order valence-corrected chi connectivity index (χ3v) is 4.20. The normalized spacial score (nSPS) is 11.5. The van der Waals surface area contributed by atoms with E-state index in [1.165, 1.54) is 0 Å². The Kier molecular flexibility index (Phi) is 4.85. The smallest absolute Gasteiger partial charge is 0.0725 e. The molecular weight excluding hydrogens is 306 g/mol. The molecule has 0 bridgehead atoms. The highest BCUT2D eigenvalue weighted by atomic mass is 14.7. The number of rotatable bonds is 4. The Bertz CT molecular complexity index is 912. The monoisotopic (exact) mass is 329 g/mol. The molecule has 0 aliphatic heterocycles. The van der Waals surface area contributed by atoms with Crippen molar-refractivity contribution in [3.63, 3.8) is 0 Å². The maximum absolute atomic E-state index is 6.10. The van der Waals surface area contributed by atoms with Crippen molar-refractivity contribution < 1.29 is 0 Å². The highest BCUT2D eigenvalue weighted by Crippen LogP contribution is 2.31. The van der Waals surface area contributed by atoms with Gasteiger partial charge in [-0.05, 0) is 54.8 Å². The van der Waals surface area contributed by atoms with E-state index in [1.807, 2.05) is 49.4 Å². The molecule has 0 saturated heterocycles. The Balaban J connectivity index is 2.24. The van der Waals surface area contributed by atoms with Crippen molar-refractivity contribution in [3.8, 4) is 11.1 Å². The number of nitrogens with zero attached hydrogens (tertiary/aromatic N) is 1. The molecule has 3 heteroatoms. The zero-order valence-corrected chi connectivity index (χ0v) is 14.7. The maximum Gasteiger partial charge on any atom is 0.0725 e. The lowest BCUT2D eigenvalue weighted by Gasteiger charge is -2.16. The molecule has 4 N–H and O–H groups in total. The molecule has 0 fully saturated rings. The number of benzene rings is 3. The van der Waals surface area contributed by atoms with Crippen LogP contribution in [0.2, 0.25) is 0 Å². The van der Waals surface area contributed by atoms with E-state index in [2.05, 4.69) is 31.2 Å². The van der Waals surface area contributed by atoms with Crippen molar-refractivity contribution in [3.05, 3.63) is 83.4 Å². The van der Waals surface area contributed by atoms with Crippen LogP contribution in [0.25, 0.3) is 11.1 Å². The van der Waals surface area contributed by atoms with Crippen LogP contribution in [-0.4, -0.2) is 12.3 Å². The number of nitrogen functional groups attached to an aromatic ring is 2. The molecule has 3 aromatic carbocycles. The molecule has 3 nitrogen and oxygen atoms in total. The van der Waals surface area contributed by atoms with Gasteiger partial charge in [0.2, 0.25) is 0 Å². The third kappa shape index (κ3) is 3.56. The summed E-state index contributed by atoms with van der Waals surface area (Å²) in [4.78, 5) is 4.78. The highest BCUT2D eigenvalue weighted by molar-refractivity contribution is 6.16. The van der Waals surface area contributed by atoms with E-state index in [0.717, 1.165) is 44.9 Å². The van der Waals surface area contributed by atoms with Gasteiger partial charge in [0.05, 0.1) is 5.71 Å². The first-order valence-electron chi connectivity index (χ1n) is 8.46. The molecule has 0 aliphatic carbocycles. The first-order valence-corrected chi connectivity index (χ1v) is 8.46. The number of hydrogen-bond donors (Lipinski definition) is 2. The Hall–Kier alpha value is -3.07. The van der Waals surface area contributed by atoms with E-state index >= 15 is 0 Å². The van der Waals surface area contributed by atoms with Crippen molar-refractivity contribution in [2.24, 2.45) is 4.99 Å². The van der Waals surface area contributed by atoms with Gasteiger partial charge in [-0.15, -0.1) is 0 Å². The third-order valence-electron chi connectivity index (χ3n) is 4.20. The Morgan fingerprint density at radius 2 is 1.48 bits per heavy atom. The van der Waals surface area contributed by atoms with Gasteiger partial charge >= 0.3 is 0 Å². The van der Waals surface area contributed by atoms with E-state index in [-0.39, 0.29) is 0 Å². The van der Waals surface area contributed by atoms with E-state index in [0.29, 0.717) is 6.54 Å². The zero-order chi connectivity index (χ0) is 17.8. The molecule has 0 aliphatic rings. The van der Waals surface area contributed by atoms with Gasteiger partial charge in [-0.3, -0.25) is 4.99 Å². The fourth-order valence-corrected chi connectivity index (χ4v) is 3.07. The van der Waals surface area contributed by atoms with Crippen LogP contribution < -0.4 is 11.5 Å². The lowest BCUT2D eigenvalue weighted by Crippen LogP contribution is -2.07. The van der Waals surface area contributed by atoms with Gasteiger partial charge in [0.1, 0.15) is 0 Å². The van der Waals surface area contributed by atoms with Crippen LogP contribution >= 0.6 is 0 Å². The lowest BCUT2D eigenvalue weighted by atomic mass is 9.90. The fourth-order valence-electron chi connectivity index (χ4n) is 3.07. The number of anilines is 2. The van der Waals surface area contributed by atoms with E-state index in [1.54, 1.807) is 0 Å². The standard InChI is InChI=1S/C22H23N3/c1-3-25-22(16-7-5-4-6-8-16)21-14-18(24)10-12-20(21)19-11-9-17(23)13-15(19)2/h4-14H,3,23-24H2,1-2H3. The molecule has 0 spiro atoms. The Labute approximate surface area is 149 Å². The molecule has 0 aromatic heterocycles. The molecule has 0 amide bonds. The molecule has 25 heavy (non-hydrogen) atoms. The summed E-state index contributed by atoms with van der Waals surface area (Å²) in [5, 5.41) is 0. The first kappa shape index (κ1) is 16.8. The molecule has 0 heterocycles. The van der Waals surface area contributed by atoms with Gasteiger partial charge in [-0.2, -0.15) is 0 Å². The predicted molar refractivity (Wildman–Crippen MR) is 108 cm³/mol. The van der Waals surface area contributed by atoms with E-state index in [9.17, 15) is 0 Å². The number of aliphatic imine (C=N–C) groups is 1. The minimum Gasteiger partial charge on any atom is -0.399 e. The molecule has 0 atom stereocenters. The Morgan fingerprint density at radius 1 is 0.840 bits per heavy atom. The van der Waals surface area contributed by atoms with Crippen molar-refractivity contribution >= 4 is 17.1 Å². The van der Waals surface area contributed by atoms with Crippen molar-refractivity contribution in [2.45, 2.75) is 13.8 Å². The lowest BCUT2D eigenvalue weighted by molar-refractivity contribution is 1.13. The summed E-state index contributed by atoms with van der Waals surface area (Å²) in [6.45, 7) is 4.83. The van der Waals surface area contributed by atoms with Crippen LogP contribution in [0.15, 0.2) is 71.7 Å². The van der Waals surface area contributed by atoms with Crippen molar-refractivity contribution in [1.82, 2.24) is 0 Å². The van der Waals surface area contributed by atoms with Crippen LogP contribution in [0, 0.1) is 6.92 Å². The number of hydrogen-bond acceptors (Lipinski definition) is 3. The van der Waals surface area contributed by atoms with Crippen molar-refractivity contribution in [1.29, 1.82) is 0 Å². The summed E-state index contributed by atoms with van der Waals surface area (Å²) in [6, 6.07) is 22.2. The average molecular weight is 329 g/mol. The Morgan fingerprint density at radius 3 is 2.12 bits per heavy atom. The number of nitrogens with two attached hydrogens (primary N) is 2. The molecule has 3 rings (SSSR count). The van der Waals surface area contributed by atoms with Gasteiger partial charge in [0.15, 0.2) is 0 Å². The summed E-state index contributed by atoms with van der Waals surface area (Å²) in [5.41, 5.74) is 20.0. The fraction of sp³-hybridized carbons (Fsp3) is 0.136. The van der Waals surface area contributed by atoms with Gasteiger partial charge in [-0.25, -0.2) is 0 Å². The van der Waals surface area contributed by atoms with Crippen LogP contribution in [0.1, 0.15) is 23.6 Å². The SMILES string of the molecule is CCN=C(c1ccccc1)c1cc(N)ccc1-c1ccc(N)cc1C. The molecular formula is C22H23N3. The zero-order valence-electron chi connectivity index (χ0n) is 14.7. The summed E-state index contributed by atoms with van der Waals surface area (Å²) < 4.78 is 0. The molecule has 0 radical (unpaired) electrons. The maximum atomic E-state index is 6.10. The second-order valence-electron chi connectivity index (χ2n) is 6.07. The molecule has 126 valence electrons. The number of aryl methyl sites for hydroxylation is 1. The van der Waals surface area contributed by atoms with Gasteiger partial charge < -0.3 is 11.5 Å².